The predicted octanol–water partition coefficient (Wildman–Crippen LogP) is 3.61. The quantitative estimate of drug-likeness (QED) is 0.627. The molecule has 9 heteroatoms. The minimum absolute atomic E-state index is 0.0302. The minimum atomic E-state index is -0.734. The lowest BCUT2D eigenvalue weighted by molar-refractivity contribution is -0.142. The van der Waals surface area contributed by atoms with E-state index in [0.29, 0.717) is 27.9 Å². The number of nitrogens with zero attached hydrogens (tertiary/aromatic N) is 4. The fraction of sp³-hybridized carbons (Fsp3) is 0.158. The van der Waals surface area contributed by atoms with Crippen molar-refractivity contribution in [1.29, 1.82) is 0 Å². The molecule has 0 fully saturated rings. The van der Waals surface area contributed by atoms with Gasteiger partial charge >= 0.3 is 5.97 Å². The molecule has 0 unspecified atom stereocenters. The maximum atomic E-state index is 14.5. The monoisotopic (exact) mass is 402 g/mol. The number of aliphatic imine (C=N–C) groups is 1. The molecule has 6 nitrogen and oxygen atoms in total. The van der Waals surface area contributed by atoms with Crippen molar-refractivity contribution in [2.24, 2.45) is 4.99 Å². The number of carbonyl (C=O) groups excluding carboxylic acids is 1. The van der Waals surface area contributed by atoms with Crippen LogP contribution in [-0.2, 0) is 22.7 Å². The van der Waals surface area contributed by atoms with Gasteiger partial charge in [-0.15, -0.1) is 10.2 Å². The van der Waals surface area contributed by atoms with E-state index in [1.807, 2.05) is 0 Å². The molecular formula is C19H13ClF2N4O2. The number of hydrogen-bond donors (Lipinski definition) is 0. The van der Waals surface area contributed by atoms with E-state index in [4.69, 9.17) is 16.3 Å². The number of fused-ring (bicyclic) bond motifs is 3. The van der Waals surface area contributed by atoms with E-state index >= 15 is 0 Å². The normalized spacial score (nSPS) is 12.6. The molecule has 0 saturated carbocycles. The summed E-state index contributed by atoms with van der Waals surface area (Å²) in [6.45, 7) is 1.21. The fourth-order valence-corrected chi connectivity index (χ4v) is 3.23. The van der Waals surface area contributed by atoms with Crippen LogP contribution < -0.4 is 0 Å². The second-order valence-corrected chi connectivity index (χ2v) is 6.51. The average molecular weight is 403 g/mol. The molecule has 1 aromatic heterocycles. The lowest BCUT2D eigenvalue weighted by atomic mass is 9.99. The number of ether oxygens (including phenoxy) is 1. The molecule has 4 rings (SSSR count). The van der Waals surface area contributed by atoms with Gasteiger partial charge in [0.25, 0.3) is 0 Å². The number of halogens is 3. The summed E-state index contributed by atoms with van der Waals surface area (Å²) in [5.74, 6) is -1.13. The van der Waals surface area contributed by atoms with Crippen LogP contribution in [0.25, 0.3) is 5.69 Å². The van der Waals surface area contributed by atoms with Crippen LogP contribution in [0.4, 0.5) is 8.78 Å². The van der Waals surface area contributed by atoms with E-state index in [9.17, 15) is 13.6 Å². The van der Waals surface area contributed by atoms with Crippen LogP contribution in [0.15, 0.2) is 41.4 Å². The lowest BCUT2D eigenvalue weighted by Gasteiger charge is -2.14. The third-order valence-corrected chi connectivity index (χ3v) is 4.47. The second-order valence-electron chi connectivity index (χ2n) is 6.07. The van der Waals surface area contributed by atoms with Crippen molar-refractivity contribution in [3.05, 3.63) is 75.8 Å². The first-order valence-electron chi connectivity index (χ1n) is 8.31. The average Bonchev–Trinajstić information content (AvgIpc) is 2.98. The molecule has 2 heterocycles. The molecule has 0 radical (unpaired) electrons. The van der Waals surface area contributed by atoms with Crippen LogP contribution >= 0.6 is 11.6 Å². The molecule has 1 aliphatic heterocycles. The zero-order valence-corrected chi connectivity index (χ0v) is 15.4. The number of rotatable bonds is 3. The number of hydrogen-bond acceptors (Lipinski definition) is 5. The molecule has 0 bridgehead atoms. The third-order valence-electron chi connectivity index (χ3n) is 4.23. The summed E-state index contributed by atoms with van der Waals surface area (Å²) in [5.41, 5.74) is 0.827. The van der Waals surface area contributed by atoms with Crippen LogP contribution in [0.2, 0.25) is 5.02 Å². The van der Waals surface area contributed by atoms with E-state index in [0.717, 1.165) is 0 Å². The Balaban J connectivity index is 1.93. The highest BCUT2D eigenvalue weighted by atomic mass is 35.5. The Morgan fingerprint density at radius 3 is 2.68 bits per heavy atom. The van der Waals surface area contributed by atoms with Crippen LogP contribution in [0.1, 0.15) is 29.7 Å². The van der Waals surface area contributed by atoms with Crippen LogP contribution in [0.5, 0.6) is 0 Å². The highest BCUT2D eigenvalue weighted by Gasteiger charge is 2.26. The van der Waals surface area contributed by atoms with Gasteiger partial charge in [0, 0.05) is 17.5 Å². The van der Waals surface area contributed by atoms with Gasteiger partial charge in [-0.1, -0.05) is 17.7 Å². The molecule has 0 aliphatic carbocycles. The molecule has 0 saturated heterocycles. The van der Waals surface area contributed by atoms with Gasteiger partial charge in [-0.3, -0.25) is 14.4 Å². The fourth-order valence-electron chi connectivity index (χ4n) is 3.06. The van der Waals surface area contributed by atoms with Gasteiger partial charge in [0.05, 0.1) is 17.0 Å². The summed E-state index contributed by atoms with van der Waals surface area (Å²) in [6.07, 6.45) is 0. The number of esters is 1. The van der Waals surface area contributed by atoms with Gasteiger partial charge in [0.2, 0.25) is 0 Å². The maximum Gasteiger partial charge on any atom is 0.303 e. The van der Waals surface area contributed by atoms with E-state index < -0.39 is 17.6 Å². The summed E-state index contributed by atoms with van der Waals surface area (Å²) < 4.78 is 35.6. The molecule has 0 amide bonds. The standard InChI is InChI=1S/C19H13ClF2N4O2/c1-10(27)28-9-17-25-24-16-8-23-19(18-13(21)3-2-4-14(18)22)12-7-11(20)5-6-15(12)26(16)17/h2-7H,8-9H2,1H3. The molecule has 1 aliphatic rings. The molecule has 142 valence electrons. The highest BCUT2D eigenvalue weighted by Crippen LogP contribution is 2.30. The van der Waals surface area contributed by atoms with Gasteiger partial charge in [0.1, 0.15) is 18.2 Å². The first-order chi connectivity index (χ1) is 13.5. The topological polar surface area (TPSA) is 69.4 Å². The van der Waals surface area contributed by atoms with Crippen LogP contribution in [0, 0.1) is 11.6 Å². The lowest BCUT2D eigenvalue weighted by Crippen LogP contribution is -2.13. The Kier molecular flexibility index (Phi) is 4.64. The van der Waals surface area contributed by atoms with Crippen molar-refractivity contribution in [1.82, 2.24) is 14.8 Å². The molecule has 0 spiro atoms. The second kappa shape index (κ2) is 7.12. The zero-order valence-electron chi connectivity index (χ0n) is 14.6. The van der Waals surface area contributed by atoms with E-state index in [2.05, 4.69) is 15.2 Å². The Bertz CT molecular complexity index is 1110. The van der Waals surface area contributed by atoms with Crippen molar-refractivity contribution in [3.8, 4) is 5.69 Å². The smallest absolute Gasteiger partial charge is 0.303 e. The first-order valence-corrected chi connectivity index (χ1v) is 8.69. The van der Waals surface area contributed by atoms with Crippen LogP contribution in [0.3, 0.4) is 0 Å². The Morgan fingerprint density at radius 1 is 1.21 bits per heavy atom. The zero-order chi connectivity index (χ0) is 19.8. The minimum Gasteiger partial charge on any atom is -0.458 e. The largest absolute Gasteiger partial charge is 0.458 e. The van der Waals surface area contributed by atoms with Gasteiger partial charge in [-0.25, -0.2) is 8.78 Å². The third kappa shape index (κ3) is 3.16. The van der Waals surface area contributed by atoms with Gasteiger partial charge < -0.3 is 4.74 Å². The van der Waals surface area contributed by atoms with E-state index in [1.165, 1.54) is 25.1 Å². The predicted molar refractivity (Wildman–Crippen MR) is 97.5 cm³/mol. The van der Waals surface area contributed by atoms with Crippen molar-refractivity contribution in [2.75, 3.05) is 0 Å². The summed E-state index contributed by atoms with van der Waals surface area (Å²) in [7, 11) is 0. The summed E-state index contributed by atoms with van der Waals surface area (Å²) >= 11 is 6.15. The summed E-state index contributed by atoms with van der Waals surface area (Å²) in [6, 6.07) is 8.52. The Labute approximate surface area is 163 Å². The first kappa shape index (κ1) is 18.2. The maximum absolute atomic E-state index is 14.5. The molecule has 3 aromatic rings. The Morgan fingerprint density at radius 2 is 1.96 bits per heavy atom. The number of carbonyl (C=O) groups is 1. The van der Waals surface area contributed by atoms with Gasteiger partial charge in [-0.05, 0) is 30.3 Å². The summed E-state index contributed by atoms with van der Waals surface area (Å²) in [4.78, 5) is 15.6. The molecule has 0 atom stereocenters. The molecule has 2 aromatic carbocycles. The number of aromatic nitrogens is 3. The molecule has 28 heavy (non-hydrogen) atoms. The van der Waals surface area contributed by atoms with Crippen molar-refractivity contribution in [2.45, 2.75) is 20.1 Å². The van der Waals surface area contributed by atoms with Crippen molar-refractivity contribution < 1.29 is 18.3 Å². The van der Waals surface area contributed by atoms with Gasteiger partial charge in [-0.2, -0.15) is 0 Å². The van der Waals surface area contributed by atoms with Gasteiger partial charge in [0.15, 0.2) is 18.3 Å². The number of benzene rings is 2. The SMILES string of the molecule is CC(=O)OCc1nnc2n1-c1ccc(Cl)cc1C(c1c(F)cccc1F)=NC2. The van der Waals surface area contributed by atoms with E-state index in [1.54, 1.807) is 22.8 Å². The summed E-state index contributed by atoms with van der Waals surface area (Å²) in [5, 5.41) is 8.51. The molecule has 0 N–H and O–H groups in total. The van der Waals surface area contributed by atoms with Crippen molar-refractivity contribution >= 4 is 23.3 Å². The Hall–Kier alpha value is -3.13. The van der Waals surface area contributed by atoms with Crippen LogP contribution in [-0.4, -0.2) is 26.4 Å². The molecular weight excluding hydrogens is 390 g/mol. The van der Waals surface area contributed by atoms with E-state index in [-0.39, 0.29) is 24.4 Å². The van der Waals surface area contributed by atoms with Crippen molar-refractivity contribution in [3.63, 3.8) is 0 Å². The highest BCUT2D eigenvalue weighted by molar-refractivity contribution is 6.31.